The summed E-state index contributed by atoms with van der Waals surface area (Å²) in [6.45, 7) is 6.96. The number of likely N-dealkylation sites (tertiary alicyclic amines) is 2. The molecule has 2 saturated heterocycles. The van der Waals surface area contributed by atoms with Crippen molar-refractivity contribution in [2.24, 2.45) is 5.92 Å². The highest BCUT2D eigenvalue weighted by Gasteiger charge is 2.47. The van der Waals surface area contributed by atoms with Crippen molar-refractivity contribution >= 4 is 23.7 Å². The van der Waals surface area contributed by atoms with Crippen molar-refractivity contribution in [3.63, 3.8) is 0 Å². The van der Waals surface area contributed by atoms with Gasteiger partial charge in [-0.3, -0.25) is 29.0 Å². The van der Waals surface area contributed by atoms with Gasteiger partial charge in [0.25, 0.3) is 0 Å². The van der Waals surface area contributed by atoms with Crippen molar-refractivity contribution < 1.29 is 29.0 Å². The molecule has 0 unspecified atom stereocenters. The number of amides is 3. The molecule has 3 amide bonds. The standard InChI is InChI=1S/C29H41N3O6/c1-3-5-13-30(14-6-4-2)27(35)19-31-18-22(20-7-8-24-21(17-20)12-16-38-24)28(29(36)37)23(31)11-15-32-25(33)9-10-26(32)34/h7-8,17,22-23,28H,3-6,9-16,18-19H2,1-2H3,(H,36,37)/t22-,23+,28-/m1/s1. The quantitative estimate of drug-likeness (QED) is 0.393. The summed E-state index contributed by atoms with van der Waals surface area (Å²) in [5.41, 5.74) is 2.01. The normalized spacial score (nSPS) is 23.1. The first-order valence-electron chi connectivity index (χ1n) is 14.2. The molecule has 0 aromatic heterocycles. The number of imide groups is 1. The molecule has 9 nitrogen and oxygen atoms in total. The van der Waals surface area contributed by atoms with Crippen LogP contribution in [0.4, 0.5) is 0 Å². The van der Waals surface area contributed by atoms with Crippen molar-refractivity contribution in [3.8, 4) is 5.75 Å². The minimum absolute atomic E-state index is 0.0115. The van der Waals surface area contributed by atoms with E-state index in [1.165, 1.54) is 4.90 Å². The van der Waals surface area contributed by atoms with Crippen molar-refractivity contribution in [2.45, 2.75) is 77.2 Å². The van der Waals surface area contributed by atoms with Crippen LogP contribution in [-0.4, -0.2) is 88.9 Å². The molecule has 208 valence electrons. The molecule has 0 radical (unpaired) electrons. The van der Waals surface area contributed by atoms with Gasteiger partial charge in [-0.1, -0.05) is 38.8 Å². The van der Waals surface area contributed by atoms with Crippen LogP contribution in [0.1, 0.15) is 75.8 Å². The number of benzene rings is 1. The summed E-state index contributed by atoms with van der Waals surface area (Å²) >= 11 is 0. The highest BCUT2D eigenvalue weighted by molar-refractivity contribution is 6.01. The van der Waals surface area contributed by atoms with E-state index >= 15 is 0 Å². The number of ether oxygens (including phenoxy) is 1. The monoisotopic (exact) mass is 527 g/mol. The van der Waals surface area contributed by atoms with Gasteiger partial charge in [-0.25, -0.2) is 0 Å². The number of hydrogen-bond acceptors (Lipinski definition) is 6. The molecule has 3 heterocycles. The fourth-order valence-corrected chi connectivity index (χ4v) is 6.09. The molecule has 3 atom stereocenters. The van der Waals surface area contributed by atoms with Gasteiger partial charge in [0.15, 0.2) is 0 Å². The largest absolute Gasteiger partial charge is 0.493 e. The molecule has 9 heteroatoms. The second kappa shape index (κ2) is 12.7. The lowest BCUT2D eigenvalue weighted by atomic mass is 9.83. The Bertz CT molecular complexity index is 1020. The first-order chi connectivity index (χ1) is 18.3. The van der Waals surface area contributed by atoms with Crippen molar-refractivity contribution in [2.75, 3.05) is 39.3 Å². The van der Waals surface area contributed by atoms with E-state index < -0.39 is 17.9 Å². The van der Waals surface area contributed by atoms with Gasteiger partial charge in [-0.2, -0.15) is 0 Å². The molecular weight excluding hydrogens is 486 g/mol. The van der Waals surface area contributed by atoms with Crippen LogP contribution in [0.3, 0.4) is 0 Å². The van der Waals surface area contributed by atoms with E-state index in [1.807, 2.05) is 28.0 Å². The van der Waals surface area contributed by atoms with Crippen LogP contribution < -0.4 is 4.74 Å². The summed E-state index contributed by atoms with van der Waals surface area (Å²) in [7, 11) is 0. The molecule has 0 aliphatic carbocycles. The number of carboxylic acids is 1. The maximum absolute atomic E-state index is 13.5. The zero-order chi connectivity index (χ0) is 27.2. The molecule has 0 bridgehead atoms. The molecule has 4 rings (SSSR count). The Kier molecular flexibility index (Phi) is 9.41. The maximum atomic E-state index is 13.5. The third-order valence-electron chi connectivity index (χ3n) is 8.23. The van der Waals surface area contributed by atoms with Gasteiger partial charge in [0.2, 0.25) is 17.7 Å². The van der Waals surface area contributed by atoms with Crippen LogP contribution in [0.5, 0.6) is 5.75 Å². The molecular formula is C29H41N3O6. The number of aliphatic carboxylic acids is 1. The molecule has 0 saturated carbocycles. The number of carboxylic acid groups (broad SMARTS) is 1. The lowest BCUT2D eigenvalue weighted by molar-refractivity contribution is -0.144. The van der Waals surface area contributed by atoms with Gasteiger partial charge in [-0.15, -0.1) is 0 Å². The number of rotatable bonds is 13. The summed E-state index contributed by atoms with van der Waals surface area (Å²) in [5, 5.41) is 10.4. The molecule has 38 heavy (non-hydrogen) atoms. The number of carbonyl (C=O) groups excluding carboxylic acids is 3. The van der Waals surface area contributed by atoms with Gasteiger partial charge in [0.1, 0.15) is 5.75 Å². The predicted molar refractivity (Wildman–Crippen MR) is 142 cm³/mol. The number of nitrogens with zero attached hydrogens (tertiary/aromatic N) is 3. The van der Waals surface area contributed by atoms with E-state index in [9.17, 15) is 24.3 Å². The third kappa shape index (κ3) is 6.20. The smallest absolute Gasteiger partial charge is 0.308 e. The van der Waals surface area contributed by atoms with Crippen LogP contribution in [0.15, 0.2) is 18.2 Å². The van der Waals surface area contributed by atoms with Gasteiger partial charge < -0.3 is 14.7 Å². The minimum Gasteiger partial charge on any atom is -0.493 e. The van der Waals surface area contributed by atoms with Crippen molar-refractivity contribution in [1.82, 2.24) is 14.7 Å². The molecule has 1 N–H and O–H groups in total. The molecule has 2 fully saturated rings. The SMILES string of the molecule is CCCCN(CCCC)C(=O)CN1C[C@H](c2ccc3c(c2)CCO3)[C@@H](C(=O)O)[C@@H]1CCN1C(=O)CCC1=O. The van der Waals surface area contributed by atoms with Crippen LogP contribution in [0.25, 0.3) is 0 Å². The van der Waals surface area contributed by atoms with Crippen LogP contribution in [0.2, 0.25) is 0 Å². The first kappa shape index (κ1) is 28.1. The van der Waals surface area contributed by atoms with E-state index in [0.29, 0.717) is 32.7 Å². The van der Waals surface area contributed by atoms with Crippen LogP contribution in [-0.2, 0) is 25.6 Å². The summed E-state index contributed by atoms with van der Waals surface area (Å²) < 4.78 is 5.65. The molecule has 0 spiro atoms. The highest BCUT2D eigenvalue weighted by atomic mass is 16.5. The molecule has 1 aromatic carbocycles. The van der Waals surface area contributed by atoms with Gasteiger partial charge in [0, 0.05) is 57.4 Å². The Hall–Kier alpha value is -2.94. The van der Waals surface area contributed by atoms with Crippen molar-refractivity contribution in [1.29, 1.82) is 0 Å². The summed E-state index contributed by atoms with van der Waals surface area (Å²) in [6, 6.07) is 5.44. The van der Waals surface area contributed by atoms with Crippen molar-refractivity contribution in [3.05, 3.63) is 29.3 Å². The number of fused-ring (bicyclic) bond motifs is 1. The number of unbranched alkanes of at least 4 members (excludes halogenated alkanes) is 2. The van der Waals surface area contributed by atoms with Crippen LogP contribution in [0, 0.1) is 5.92 Å². The lowest BCUT2D eigenvalue weighted by Gasteiger charge is -2.30. The van der Waals surface area contributed by atoms with Gasteiger partial charge in [-0.05, 0) is 36.5 Å². The molecule has 3 aliphatic rings. The first-order valence-corrected chi connectivity index (χ1v) is 14.2. The Balaban J connectivity index is 1.59. The third-order valence-corrected chi connectivity index (χ3v) is 8.23. The average molecular weight is 528 g/mol. The zero-order valence-electron chi connectivity index (χ0n) is 22.7. The predicted octanol–water partition coefficient (Wildman–Crippen LogP) is 3.06. The Morgan fingerprint density at radius 1 is 1.05 bits per heavy atom. The van der Waals surface area contributed by atoms with E-state index in [2.05, 4.69) is 13.8 Å². The van der Waals surface area contributed by atoms with E-state index in [4.69, 9.17) is 4.74 Å². The van der Waals surface area contributed by atoms with E-state index in [-0.39, 0.29) is 49.6 Å². The Morgan fingerprint density at radius 3 is 2.37 bits per heavy atom. The molecule has 1 aromatic rings. The summed E-state index contributed by atoms with van der Waals surface area (Å²) in [5.74, 6) is -1.53. The fourth-order valence-electron chi connectivity index (χ4n) is 6.09. The van der Waals surface area contributed by atoms with E-state index in [1.54, 1.807) is 0 Å². The Morgan fingerprint density at radius 2 is 1.74 bits per heavy atom. The highest BCUT2D eigenvalue weighted by Crippen LogP contribution is 2.41. The number of hydrogen-bond donors (Lipinski definition) is 1. The summed E-state index contributed by atoms with van der Waals surface area (Å²) in [6.07, 6.45) is 5.37. The Labute approximate surface area is 225 Å². The lowest BCUT2D eigenvalue weighted by Crippen LogP contribution is -2.46. The average Bonchev–Trinajstić information content (AvgIpc) is 3.59. The minimum atomic E-state index is -0.917. The zero-order valence-corrected chi connectivity index (χ0v) is 22.7. The second-order valence-electron chi connectivity index (χ2n) is 10.7. The number of carbonyl (C=O) groups is 4. The van der Waals surface area contributed by atoms with Gasteiger partial charge in [0.05, 0.1) is 19.1 Å². The van der Waals surface area contributed by atoms with E-state index in [0.717, 1.165) is 49.0 Å². The summed E-state index contributed by atoms with van der Waals surface area (Å²) in [4.78, 5) is 55.9. The van der Waals surface area contributed by atoms with Gasteiger partial charge >= 0.3 is 5.97 Å². The topological polar surface area (TPSA) is 107 Å². The fraction of sp³-hybridized carbons (Fsp3) is 0.655. The van der Waals surface area contributed by atoms with Crippen LogP contribution >= 0.6 is 0 Å². The molecule has 3 aliphatic heterocycles. The maximum Gasteiger partial charge on any atom is 0.308 e. The second-order valence-corrected chi connectivity index (χ2v) is 10.7.